The minimum absolute atomic E-state index is 0.445. The van der Waals surface area contributed by atoms with E-state index in [1.54, 1.807) is 6.20 Å². The first kappa shape index (κ1) is 32.0. The first-order valence-corrected chi connectivity index (χ1v) is 11.6. The zero-order valence-electron chi connectivity index (χ0n) is 20.6. The quantitative estimate of drug-likeness (QED) is 0.504. The number of aliphatic carboxylic acids is 2. The average Bonchev–Trinajstić information content (AvgIpc) is 3.48. The highest BCUT2D eigenvalue weighted by atomic mass is 19.4. The smallest absolute Gasteiger partial charge is 0.475 e. The van der Waals surface area contributed by atoms with Crippen LogP contribution < -0.4 is 0 Å². The van der Waals surface area contributed by atoms with Gasteiger partial charge in [0, 0.05) is 57.3 Å². The van der Waals surface area contributed by atoms with Gasteiger partial charge in [-0.05, 0) is 30.0 Å². The topological polar surface area (TPSA) is 127 Å². The summed E-state index contributed by atoms with van der Waals surface area (Å²) in [4.78, 5) is 24.5. The van der Waals surface area contributed by atoms with Crippen molar-refractivity contribution in [1.82, 2.24) is 19.7 Å². The van der Waals surface area contributed by atoms with Gasteiger partial charge in [0.2, 0.25) is 0 Å². The molecular weight excluding hydrogens is 542 g/mol. The van der Waals surface area contributed by atoms with E-state index in [9.17, 15) is 26.3 Å². The van der Waals surface area contributed by atoms with Crippen LogP contribution in [-0.2, 0) is 38.8 Å². The molecule has 2 atom stereocenters. The zero-order chi connectivity index (χ0) is 29.1. The molecule has 1 saturated heterocycles. The maximum atomic E-state index is 10.6. The Labute approximate surface area is 219 Å². The van der Waals surface area contributed by atoms with Gasteiger partial charge in [0.15, 0.2) is 0 Å². The zero-order valence-corrected chi connectivity index (χ0v) is 20.6. The van der Waals surface area contributed by atoms with Gasteiger partial charge in [-0.2, -0.15) is 31.4 Å². The summed E-state index contributed by atoms with van der Waals surface area (Å²) in [5.41, 5.74) is 2.42. The van der Waals surface area contributed by atoms with E-state index in [0.29, 0.717) is 18.4 Å². The van der Waals surface area contributed by atoms with Crippen molar-refractivity contribution in [2.45, 2.75) is 38.5 Å². The van der Waals surface area contributed by atoms with Gasteiger partial charge in [0.25, 0.3) is 0 Å². The Hall–Kier alpha value is -3.24. The molecule has 2 aliphatic rings. The number of hydrogen-bond donors (Lipinski definition) is 2. The predicted octanol–water partition coefficient (Wildman–Crippen LogP) is 3.23. The number of rotatable bonds is 6. The molecule has 4 rings (SSSR count). The molecule has 0 amide bonds. The van der Waals surface area contributed by atoms with Gasteiger partial charge in [-0.3, -0.25) is 14.6 Å². The van der Waals surface area contributed by atoms with Crippen molar-refractivity contribution in [1.29, 1.82) is 0 Å². The number of nitrogens with zero attached hydrogens (tertiary/aromatic N) is 4. The molecule has 1 fully saturated rings. The average molecular weight is 570 g/mol. The first-order chi connectivity index (χ1) is 18.3. The number of carbonyl (C=O) groups is 2. The van der Waals surface area contributed by atoms with E-state index in [4.69, 9.17) is 29.3 Å². The monoisotopic (exact) mass is 570 g/mol. The van der Waals surface area contributed by atoms with Crippen LogP contribution >= 0.6 is 0 Å². The second kappa shape index (κ2) is 14.8. The minimum Gasteiger partial charge on any atom is -0.475 e. The summed E-state index contributed by atoms with van der Waals surface area (Å²) in [6.07, 6.45) is -3.42. The third kappa shape index (κ3) is 12.0. The van der Waals surface area contributed by atoms with Gasteiger partial charge in [0.05, 0.1) is 25.5 Å². The molecule has 16 heteroatoms. The highest BCUT2D eigenvalue weighted by molar-refractivity contribution is 5.73. The molecule has 2 aromatic heterocycles. The highest BCUT2D eigenvalue weighted by Crippen LogP contribution is 2.21. The molecular formula is C23H28F6N4O6. The third-order valence-corrected chi connectivity index (χ3v) is 5.51. The van der Waals surface area contributed by atoms with Crippen molar-refractivity contribution < 1.29 is 55.6 Å². The Morgan fingerprint density at radius 1 is 1.03 bits per heavy atom. The third-order valence-electron chi connectivity index (χ3n) is 5.51. The molecule has 0 spiro atoms. The number of fused-ring (bicyclic) bond motifs is 1. The van der Waals surface area contributed by atoms with Crippen LogP contribution in [0.5, 0.6) is 0 Å². The van der Waals surface area contributed by atoms with Crippen LogP contribution in [0.15, 0.2) is 36.8 Å². The number of carboxylic acid groups (broad SMARTS) is 2. The Balaban J connectivity index is 0.000000317. The van der Waals surface area contributed by atoms with Crippen molar-refractivity contribution in [3.05, 3.63) is 48.0 Å². The first-order valence-electron chi connectivity index (χ1n) is 11.6. The van der Waals surface area contributed by atoms with Crippen LogP contribution in [0.2, 0.25) is 0 Å². The van der Waals surface area contributed by atoms with Gasteiger partial charge in [-0.1, -0.05) is 6.07 Å². The largest absolute Gasteiger partial charge is 0.490 e. The highest BCUT2D eigenvalue weighted by Gasteiger charge is 2.38. The Morgan fingerprint density at radius 2 is 1.69 bits per heavy atom. The van der Waals surface area contributed by atoms with Crippen LogP contribution in [0, 0.1) is 11.8 Å². The lowest BCUT2D eigenvalue weighted by atomic mass is 10.1. The fraction of sp³-hybridized carbons (Fsp3) is 0.565. The van der Waals surface area contributed by atoms with E-state index >= 15 is 0 Å². The van der Waals surface area contributed by atoms with E-state index in [1.165, 1.54) is 12.1 Å². The molecule has 2 N–H and O–H groups in total. The van der Waals surface area contributed by atoms with Crippen LogP contribution in [0.4, 0.5) is 26.3 Å². The normalized spacial score (nSPS) is 19.5. The van der Waals surface area contributed by atoms with Crippen molar-refractivity contribution >= 4 is 11.9 Å². The Morgan fingerprint density at radius 3 is 2.23 bits per heavy atom. The molecule has 39 heavy (non-hydrogen) atoms. The van der Waals surface area contributed by atoms with Gasteiger partial charge in [-0.15, -0.1) is 0 Å². The molecule has 2 unspecified atom stereocenters. The molecule has 0 aromatic carbocycles. The van der Waals surface area contributed by atoms with Gasteiger partial charge in [-0.25, -0.2) is 9.59 Å². The Bertz CT molecular complexity index is 1000. The molecule has 0 saturated carbocycles. The lowest BCUT2D eigenvalue weighted by Crippen LogP contribution is -2.34. The second-order valence-electron chi connectivity index (χ2n) is 8.78. The van der Waals surface area contributed by atoms with Crippen molar-refractivity contribution in [3.8, 4) is 0 Å². The van der Waals surface area contributed by atoms with Gasteiger partial charge in [0.1, 0.15) is 0 Å². The van der Waals surface area contributed by atoms with Crippen molar-refractivity contribution in [2.24, 2.45) is 11.8 Å². The van der Waals surface area contributed by atoms with Crippen LogP contribution in [0.25, 0.3) is 0 Å². The van der Waals surface area contributed by atoms with Gasteiger partial charge < -0.3 is 19.7 Å². The number of hydrogen-bond acceptors (Lipinski definition) is 7. The number of pyridine rings is 1. The molecule has 218 valence electrons. The standard InChI is InChI=1S/C19H26N4O2.2C2HF3O2/c1-2-16(8-20-5-1)13-25-15-18-10-22(9-17-4-7-24-14-17)12-19-3-6-21-23(19)11-18;2*3-2(4,5)1(6)7/h1-3,5-6,8,17-18H,4,7,9-15H2;2*(H,6,7). The van der Waals surface area contributed by atoms with Crippen molar-refractivity contribution in [2.75, 3.05) is 32.9 Å². The molecule has 4 heterocycles. The van der Waals surface area contributed by atoms with Crippen LogP contribution in [0.3, 0.4) is 0 Å². The molecule has 10 nitrogen and oxygen atoms in total. The second-order valence-corrected chi connectivity index (χ2v) is 8.78. The number of ether oxygens (including phenoxy) is 2. The summed E-state index contributed by atoms with van der Waals surface area (Å²) in [6, 6.07) is 6.14. The summed E-state index contributed by atoms with van der Waals surface area (Å²) in [5.74, 6) is -4.41. The molecule has 0 aliphatic carbocycles. The van der Waals surface area contributed by atoms with E-state index in [2.05, 4.69) is 31.8 Å². The van der Waals surface area contributed by atoms with E-state index < -0.39 is 24.3 Å². The molecule has 0 bridgehead atoms. The van der Waals surface area contributed by atoms with E-state index in [1.807, 2.05) is 18.5 Å². The predicted molar refractivity (Wildman–Crippen MR) is 121 cm³/mol. The number of alkyl halides is 6. The van der Waals surface area contributed by atoms with Crippen molar-refractivity contribution in [3.63, 3.8) is 0 Å². The lowest BCUT2D eigenvalue weighted by molar-refractivity contribution is -0.193. The maximum absolute atomic E-state index is 10.6. The van der Waals surface area contributed by atoms with E-state index in [0.717, 1.165) is 51.6 Å². The molecule has 2 aromatic rings. The number of halogens is 6. The fourth-order valence-corrected chi connectivity index (χ4v) is 3.78. The molecule has 0 radical (unpaired) electrons. The summed E-state index contributed by atoms with van der Waals surface area (Å²) in [7, 11) is 0. The SMILES string of the molecule is O=C(O)C(F)(F)F.O=C(O)C(F)(F)F.c1cncc(COCC2CN(CC3CCOC3)Cc3ccnn3C2)c1. The van der Waals surface area contributed by atoms with E-state index in [-0.39, 0.29) is 0 Å². The summed E-state index contributed by atoms with van der Waals surface area (Å²) >= 11 is 0. The van der Waals surface area contributed by atoms with Gasteiger partial charge >= 0.3 is 24.3 Å². The number of aromatic nitrogens is 3. The molecule has 2 aliphatic heterocycles. The summed E-state index contributed by atoms with van der Waals surface area (Å²) < 4.78 is 77.2. The van der Waals surface area contributed by atoms with Crippen LogP contribution in [-0.4, -0.2) is 87.1 Å². The Kier molecular flexibility index (Phi) is 12.1. The minimum atomic E-state index is -5.08. The fourth-order valence-electron chi connectivity index (χ4n) is 3.78. The maximum Gasteiger partial charge on any atom is 0.490 e. The summed E-state index contributed by atoms with van der Waals surface area (Å²) in [5, 5.41) is 18.7. The van der Waals surface area contributed by atoms with Crippen LogP contribution in [0.1, 0.15) is 17.7 Å². The summed E-state index contributed by atoms with van der Waals surface area (Å²) in [6.45, 7) is 7.21. The number of carboxylic acids is 2. The lowest BCUT2D eigenvalue weighted by Gasteiger charge is -2.26.